The van der Waals surface area contributed by atoms with Gasteiger partial charge in [0.05, 0.1) is 10.7 Å². The largest absolute Gasteiger partial charge is 0.294 e. The maximum absolute atomic E-state index is 13.4. The predicted octanol–water partition coefficient (Wildman–Crippen LogP) is 6.57. The molecule has 1 amide bonds. The highest BCUT2D eigenvalue weighted by Gasteiger charge is 2.44. The first-order valence-corrected chi connectivity index (χ1v) is 10.9. The van der Waals surface area contributed by atoms with Crippen LogP contribution in [0.1, 0.15) is 50.2 Å². The quantitative estimate of drug-likeness (QED) is 0.495. The number of hydrogen-bond donors (Lipinski definition) is 0. The van der Waals surface area contributed by atoms with E-state index in [4.69, 9.17) is 11.6 Å². The van der Waals surface area contributed by atoms with E-state index in [0.29, 0.717) is 23.6 Å². The summed E-state index contributed by atoms with van der Waals surface area (Å²) in [7, 11) is 0. The first-order chi connectivity index (χ1) is 13.7. The van der Waals surface area contributed by atoms with Gasteiger partial charge < -0.3 is 0 Å². The van der Waals surface area contributed by atoms with Crippen molar-refractivity contribution in [2.24, 2.45) is 5.41 Å². The molecule has 3 nitrogen and oxygen atoms in total. The molecule has 0 aromatic heterocycles. The van der Waals surface area contributed by atoms with E-state index in [1.165, 1.54) is 0 Å². The van der Waals surface area contributed by atoms with Crippen molar-refractivity contribution in [3.8, 4) is 0 Å². The van der Waals surface area contributed by atoms with Gasteiger partial charge in [0, 0.05) is 34.5 Å². The molecule has 2 aromatic rings. The Morgan fingerprint density at radius 2 is 1.83 bits per heavy atom. The molecule has 150 valence electrons. The lowest BCUT2D eigenvalue weighted by Gasteiger charge is -2.43. The average molecular weight is 473 g/mol. The maximum atomic E-state index is 13.4. The lowest BCUT2D eigenvalue weighted by Crippen LogP contribution is -2.44. The smallest absolute Gasteiger partial charge is 0.232 e. The molecule has 0 fully saturated rings. The number of rotatable bonds is 2. The topological polar surface area (TPSA) is 37.4 Å². The second-order valence-electron chi connectivity index (χ2n) is 8.74. The number of carbonyl (C=O) groups is 2. The molecule has 29 heavy (non-hydrogen) atoms. The molecule has 0 radical (unpaired) electrons. The van der Waals surface area contributed by atoms with Crippen LogP contribution in [0.4, 0.5) is 5.69 Å². The fourth-order valence-corrected chi connectivity index (χ4v) is 5.36. The van der Waals surface area contributed by atoms with Gasteiger partial charge in [-0.3, -0.25) is 14.5 Å². The fourth-order valence-electron chi connectivity index (χ4n) is 4.60. The Hall–Kier alpha value is -1.91. The summed E-state index contributed by atoms with van der Waals surface area (Å²) < 4.78 is 0.850. The molecule has 0 saturated carbocycles. The number of ketones is 1. The van der Waals surface area contributed by atoms with Gasteiger partial charge in [-0.1, -0.05) is 65.6 Å². The number of amides is 1. The molecule has 1 aliphatic heterocycles. The standard InChI is InChI=1S/C24H23BrClNO2/c1-14-6-4-5-7-16(14)17-11-22(29)27(19-9-8-15(25)10-18(19)26)20-12-24(2,3)13-21(28)23(17)20/h4-10,17H,11-13H2,1-3H3. The van der Waals surface area contributed by atoms with Gasteiger partial charge in [-0.05, 0) is 48.1 Å². The lowest BCUT2D eigenvalue weighted by molar-refractivity contribution is -0.121. The van der Waals surface area contributed by atoms with E-state index in [0.717, 1.165) is 26.9 Å². The van der Waals surface area contributed by atoms with Crippen LogP contribution in [-0.2, 0) is 9.59 Å². The zero-order valence-electron chi connectivity index (χ0n) is 16.8. The third-order valence-electron chi connectivity index (χ3n) is 5.86. The van der Waals surface area contributed by atoms with E-state index in [2.05, 4.69) is 29.8 Å². The van der Waals surface area contributed by atoms with Crippen LogP contribution in [0.5, 0.6) is 0 Å². The third kappa shape index (κ3) is 3.69. The van der Waals surface area contributed by atoms with E-state index in [-0.39, 0.29) is 29.4 Å². The lowest BCUT2D eigenvalue weighted by atomic mass is 9.69. The van der Waals surface area contributed by atoms with Gasteiger partial charge in [-0.2, -0.15) is 0 Å². The second-order valence-corrected chi connectivity index (χ2v) is 10.1. The summed E-state index contributed by atoms with van der Waals surface area (Å²) >= 11 is 9.94. The summed E-state index contributed by atoms with van der Waals surface area (Å²) in [6.45, 7) is 6.20. The van der Waals surface area contributed by atoms with Gasteiger partial charge >= 0.3 is 0 Å². The van der Waals surface area contributed by atoms with Crippen LogP contribution in [0.15, 0.2) is 58.2 Å². The van der Waals surface area contributed by atoms with E-state index in [1.54, 1.807) is 11.0 Å². The van der Waals surface area contributed by atoms with Crippen molar-refractivity contribution >= 4 is 44.9 Å². The molecule has 2 aromatic carbocycles. The molecule has 1 atom stereocenters. The second kappa shape index (κ2) is 7.41. The highest BCUT2D eigenvalue weighted by Crippen LogP contribution is 2.49. The van der Waals surface area contributed by atoms with Gasteiger partial charge in [0.25, 0.3) is 0 Å². The monoisotopic (exact) mass is 471 g/mol. The Bertz CT molecular complexity index is 1060. The molecule has 0 spiro atoms. The minimum atomic E-state index is -0.204. The Labute approximate surface area is 184 Å². The van der Waals surface area contributed by atoms with Gasteiger partial charge in [-0.25, -0.2) is 0 Å². The van der Waals surface area contributed by atoms with Crippen LogP contribution >= 0.6 is 27.5 Å². The summed E-state index contributed by atoms with van der Waals surface area (Å²) in [6, 6.07) is 13.5. The van der Waals surface area contributed by atoms with Crippen LogP contribution in [0.2, 0.25) is 5.02 Å². The van der Waals surface area contributed by atoms with Crippen LogP contribution in [-0.4, -0.2) is 11.7 Å². The van der Waals surface area contributed by atoms with E-state index in [9.17, 15) is 9.59 Å². The van der Waals surface area contributed by atoms with Gasteiger partial charge in [-0.15, -0.1) is 0 Å². The zero-order chi connectivity index (χ0) is 20.9. The number of allylic oxidation sites excluding steroid dienone is 2. The SMILES string of the molecule is Cc1ccccc1C1CC(=O)N(c2ccc(Br)cc2Cl)C2=C1C(=O)CC(C)(C)C2. The Balaban J connectivity index is 1.94. The summed E-state index contributed by atoms with van der Waals surface area (Å²) in [5.74, 6) is -0.0882. The Morgan fingerprint density at radius 3 is 2.52 bits per heavy atom. The Morgan fingerprint density at radius 1 is 1.10 bits per heavy atom. The Kier molecular flexibility index (Phi) is 5.20. The molecular weight excluding hydrogens is 450 g/mol. The normalized spacial score (nSPS) is 21.4. The molecule has 2 aliphatic rings. The number of carbonyl (C=O) groups excluding carboxylic acids is 2. The van der Waals surface area contributed by atoms with Crippen LogP contribution in [0, 0.1) is 12.3 Å². The van der Waals surface area contributed by atoms with Crippen molar-refractivity contribution in [3.63, 3.8) is 0 Å². The molecular formula is C24H23BrClNO2. The molecule has 5 heteroatoms. The molecule has 0 N–H and O–H groups in total. The summed E-state index contributed by atoms with van der Waals surface area (Å²) in [6.07, 6.45) is 1.42. The van der Waals surface area contributed by atoms with Crippen molar-refractivity contribution in [2.75, 3.05) is 4.90 Å². The molecule has 0 bridgehead atoms. The first-order valence-electron chi connectivity index (χ1n) is 9.78. The van der Waals surface area contributed by atoms with Gasteiger partial charge in [0.15, 0.2) is 5.78 Å². The molecule has 1 aliphatic carbocycles. The fraction of sp³-hybridized carbons (Fsp3) is 0.333. The van der Waals surface area contributed by atoms with Crippen molar-refractivity contribution in [1.82, 2.24) is 0 Å². The number of Topliss-reactive ketones (excluding diaryl/α,β-unsaturated/α-hetero) is 1. The first kappa shape index (κ1) is 20.4. The molecule has 0 saturated heterocycles. The van der Waals surface area contributed by atoms with Gasteiger partial charge in [0.1, 0.15) is 0 Å². The highest BCUT2D eigenvalue weighted by atomic mass is 79.9. The van der Waals surface area contributed by atoms with Crippen molar-refractivity contribution < 1.29 is 9.59 Å². The number of anilines is 1. The summed E-state index contributed by atoms with van der Waals surface area (Å²) in [4.78, 5) is 28.4. The zero-order valence-corrected chi connectivity index (χ0v) is 19.1. The summed E-state index contributed by atoms with van der Waals surface area (Å²) in [5.41, 5.74) is 4.18. The highest BCUT2D eigenvalue weighted by molar-refractivity contribution is 9.10. The van der Waals surface area contributed by atoms with Crippen molar-refractivity contribution in [2.45, 2.75) is 46.0 Å². The molecule has 4 rings (SSSR count). The number of hydrogen-bond acceptors (Lipinski definition) is 2. The molecule has 1 unspecified atom stereocenters. The summed E-state index contributed by atoms with van der Waals surface area (Å²) in [5, 5.41) is 0.491. The van der Waals surface area contributed by atoms with E-state index in [1.807, 2.05) is 43.3 Å². The van der Waals surface area contributed by atoms with Crippen molar-refractivity contribution in [3.05, 3.63) is 74.4 Å². The van der Waals surface area contributed by atoms with Gasteiger partial charge in [0.2, 0.25) is 5.91 Å². The average Bonchev–Trinajstić information content (AvgIpc) is 2.61. The number of nitrogens with zero attached hydrogens (tertiary/aromatic N) is 1. The van der Waals surface area contributed by atoms with E-state index < -0.39 is 0 Å². The predicted molar refractivity (Wildman–Crippen MR) is 120 cm³/mol. The third-order valence-corrected chi connectivity index (χ3v) is 6.65. The van der Waals surface area contributed by atoms with Crippen LogP contribution in [0.25, 0.3) is 0 Å². The molecule has 1 heterocycles. The number of halogens is 2. The number of aryl methyl sites for hydroxylation is 1. The van der Waals surface area contributed by atoms with Crippen molar-refractivity contribution in [1.29, 1.82) is 0 Å². The van der Waals surface area contributed by atoms with Crippen LogP contribution in [0.3, 0.4) is 0 Å². The minimum absolute atomic E-state index is 0.0216. The van der Waals surface area contributed by atoms with Crippen LogP contribution < -0.4 is 4.90 Å². The minimum Gasteiger partial charge on any atom is -0.294 e. The number of benzene rings is 2. The maximum Gasteiger partial charge on any atom is 0.232 e. The van der Waals surface area contributed by atoms with E-state index >= 15 is 0 Å².